The van der Waals surface area contributed by atoms with E-state index in [-0.39, 0.29) is 23.3 Å². The lowest BCUT2D eigenvalue weighted by Crippen LogP contribution is -2.32. The number of carbonyl (C=O) groups excluding carboxylic acids is 1. The minimum absolute atomic E-state index is 0.0471. The van der Waals surface area contributed by atoms with Gasteiger partial charge in [0.2, 0.25) is 0 Å². The van der Waals surface area contributed by atoms with E-state index < -0.39 is 11.5 Å². The molecule has 2 atom stereocenters. The van der Waals surface area contributed by atoms with Gasteiger partial charge in [-0.2, -0.15) is 0 Å². The van der Waals surface area contributed by atoms with E-state index in [0.29, 0.717) is 35.2 Å². The summed E-state index contributed by atoms with van der Waals surface area (Å²) in [6.07, 6.45) is 4.29. The molecular weight excluding hydrogens is 504 g/mol. The van der Waals surface area contributed by atoms with Gasteiger partial charge in [-0.3, -0.25) is 9.59 Å². The molecule has 4 N–H and O–H groups in total. The molecule has 3 heterocycles. The fourth-order valence-corrected chi connectivity index (χ4v) is 5.45. The molecule has 2 aromatic heterocycles. The lowest BCUT2D eigenvalue weighted by atomic mass is 9.88. The Hall–Kier alpha value is -4.17. The van der Waals surface area contributed by atoms with Gasteiger partial charge >= 0.3 is 0 Å². The van der Waals surface area contributed by atoms with E-state index >= 15 is 0 Å². The molecule has 8 nitrogen and oxygen atoms in total. The van der Waals surface area contributed by atoms with Gasteiger partial charge < -0.3 is 25.5 Å². The van der Waals surface area contributed by atoms with E-state index in [1.54, 1.807) is 18.2 Å². The van der Waals surface area contributed by atoms with Crippen LogP contribution in [0.25, 0.3) is 22.3 Å². The number of phenolic OH excluding ortho intramolecular Hbond substituents is 1. The molecule has 40 heavy (non-hydrogen) atoms. The number of benzene rings is 2. The van der Waals surface area contributed by atoms with Crippen LogP contribution in [0.3, 0.4) is 0 Å². The van der Waals surface area contributed by atoms with Gasteiger partial charge in [-0.1, -0.05) is 36.4 Å². The summed E-state index contributed by atoms with van der Waals surface area (Å²) in [5.41, 5.74) is 2.89. The minimum atomic E-state index is -0.509. The van der Waals surface area contributed by atoms with Crippen LogP contribution in [0.4, 0.5) is 0 Å². The maximum Gasteiger partial charge on any atom is 0.262 e. The van der Waals surface area contributed by atoms with Gasteiger partial charge in [-0.05, 0) is 86.4 Å². The van der Waals surface area contributed by atoms with Crippen molar-refractivity contribution in [1.82, 2.24) is 20.6 Å². The van der Waals surface area contributed by atoms with Crippen molar-refractivity contribution in [2.24, 2.45) is 5.92 Å². The topological polar surface area (TPSA) is 116 Å². The molecule has 0 radical (unpaired) electrons. The molecule has 1 saturated heterocycles. The summed E-state index contributed by atoms with van der Waals surface area (Å²) < 4.78 is 6.10. The number of hydrogen-bond acceptors (Lipinski definition) is 6. The van der Waals surface area contributed by atoms with E-state index in [0.717, 1.165) is 55.3 Å². The number of aromatic hydroxyl groups is 1. The molecular formula is C32H34N4O4. The molecule has 2 aromatic carbocycles. The SMILES string of the molecule is C[C@H](NC(=O)c1cc2c(C3CCCNC3)cc(-c3c(O)cccc3OCC3CC3)nc2[nH]c1=O)c1ccccc1. The van der Waals surface area contributed by atoms with Crippen LogP contribution in [-0.4, -0.2) is 40.7 Å². The third-order valence-corrected chi connectivity index (χ3v) is 7.92. The molecule has 0 spiro atoms. The second kappa shape index (κ2) is 11.1. The summed E-state index contributed by atoms with van der Waals surface area (Å²) in [6, 6.07) is 18.2. The highest BCUT2D eigenvalue weighted by Gasteiger charge is 2.26. The quantitative estimate of drug-likeness (QED) is 0.250. The van der Waals surface area contributed by atoms with Crippen LogP contribution < -0.4 is 20.9 Å². The lowest BCUT2D eigenvalue weighted by molar-refractivity contribution is 0.0938. The van der Waals surface area contributed by atoms with Crippen LogP contribution in [0.1, 0.15) is 66.1 Å². The number of carbonyl (C=O) groups is 1. The average molecular weight is 539 g/mol. The molecule has 4 aromatic rings. The highest BCUT2D eigenvalue weighted by atomic mass is 16.5. The average Bonchev–Trinajstić information content (AvgIpc) is 3.80. The minimum Gasteiger partial charge on any atom is -0.507 e. The summed E-state index contributed by atoms with van der Waals surface area (Å²) in [7, 11) is 0. The Kier molecular flexibility index (Phi) is 7.26. The first-order chi connectivity index (χ1) is 19.5. The summed E-state index contributed by atoms with van der Waals surface area (Å²) in [5.74, 6) is 0.910. The molecule has 1 unspecified atom stereocenters. The molecule has 1 amide bonds. The van der Waals surface area contributed by atoms with Gasteiger partial charge in [-0.25, -0.2) is 4.98 Å². The predicted octanol–water partition coefficient (Wildman–Crippen LogP) is 5.04. The number of H-pyrrole nitrogens is 1. The van der Waals surface area contributed by atoms with Crippen LogP contribution in [0.2, 0.25) is 0 Å². The van der Waals surface area contributed by atoms with E-state index in [1.165, 1.54) is 0 Å². The Morgan fingerprint density at radius 3 is 2.70 bits per heavy atom. The van der Waals surface area contributed by atoms with Gasteiger partial charge in [0.05, 0.1) is 23.9 Å². The number of nitrogens with zero attached hydrogens (tertiary/aromatic N) is 1. The summed E-state index contributed by atoms with van der Waals surface area (Å²) in [5, 5.41) is 18.0. The number of phenols is 1. The Bertz CT molecular complexity index is 1590. The second-order valence-corrected chi connectivity index (χ2v) is 10.9. The van der Waals surface area contributed by atoms with Crippen molar-refractivity contribution < 1.29 is 14.6 Å². The first kappa shape index (κ1) is 26.1. The molecule has 2 aliphatic rings. The smallest absolute Gasteiger partial charge is 0.262 e. The van der Waals surface area contributed by atoms with Crippen molar-refractivity contribution in [3.63, 3.8) is 0 Å². The van der Waals surface area contributed by atoms with Crippen LogP contribution in [-0.2, 0) is 0 Å². The molecule has 1 aliphatic carbocycles. The number of aromatic nitrogens is 2. The number of nitrogens with one attached hydrogen (secondary N) is 3. The maximum absolute atomic E-state index is 13.3. The first-order valence-electron chi connectivity index (χ1n) is 14.1. The van der Waals surface area contributed by atoms with Crippen LogP contribution in [0.15, 0.2) is 65.5 Å². The number of piperidine rings is 1. The standard InChI is InChI=1S/C32H34N4O4/c1-19(21-7-3-2-4-8-21)34-31(38)25-15-24-23(22-9-6-14-33-17-22)16-26(35-30(24)36-32(25)39)29-27(37)10-5-11-28(29)40-18-20-12-13-20/h2-5,7-8,10-11,15-16,19-20,22,33,37H,6,9,12-14,17-18H2,1H3,(H,34,38)(H,35,36,39)/t19-,22?/m0/s1. The Balaban J connectivity index is 1.43. The van der Waals surface area contributed by atoms with Gasteiger partial charge in [0.15, 0.2) is 0 Å². The monoisotopic (exact) mass is 538 g/mol. The molecule has 206 valence electrons. The predicted molar refractivity (Wildman–Crippen MR) is 155 cm³/mol. The number of rotatable bonds is 8. The zero-order chi connectivity index (χ0) is 27.6. The molecule has 1 saturated carbocycles. The van der Waals surface area contributed by atoms with Crippen molar-refractivity contribution in [2.45, 2.75) is 44.6 Å². The number of ether oxygens (including phenoxy) is 1. The highest BCUT2D eigenvalue weighted by molar-refractivity contribution is 5.98. The fourth-order valence-electron chi connectivity index (χ4n) is 5.45. The van der Waals surface area contributed by atoms with E-state index in [2.05, 4.69) is 15.6 Å². The van der Waals surface area contributed by atoms with Crippen LogP contribution >= 0.6 is 0 Å². The Morgan fingerprint density at radius 2 is 1.95 bits per heavy atom. The van der Waals surface area contributed by atoms with Crippen LogP contribution in [0.5, 0.6) is 11.5 Å². The third kappa shape index (κ3) is 5.45. The van der Waals surface area contributed by atoms with Crippen molar-refractivity contribution in [3.05, 3.63) is 87.7 Å². The zero-order valence-electron chi connectivity index (χ0n) is 22.6. The maximum atomic E-state index is 13.3. The number of hydrogen-bond donors (Lipinski definition) is 4. The number of aromatic amines is 1. The Morgan fingerprint density at radius 1 is 1.12 bits per heavy atom. The Labute approximate surface area is 232 Å². The summed E-state index contributed by atoms with van der Waals surface area (Å²) in [4.78, 5) is 34.1. The second-order valence-electron chi connectivity index (χ2n) is 10.9. The third-order valence-electron chi connectivity index (χ3n) is 7.92. The number of pyridine rings is 2. The fraction of sp³-hybridized carbons (Fsp3) is 0.344. The largest absolute Gasteiger partial charge is 0.507 e. The van der Waals surface area contributed by atoms with Gasteiger partial charge in [0, 0.05) is 11.9 Å². The first-order valence-corrected chi connectivity index (χ1v) is 14.1. The van der Waals surface area contributed by atoms with Crippen molar-refractivity contribution in [1.29, 1.82) is 0 Å². The number of amides is 1. The van der Waals surface area contributed by atoms with Crippen LogP contribution in [0, 0.1) is 5.92 Å². The molecule has 1 aliphatic heterocycles. The van der Waals surface area contributed by atoms with Gasteiger partial charge in [0.1, 0.15) is 22.7 Å². The lowest BCUT2D eigenvalue weighted by Gasteiger charge is -2.25. The van der Waals surface area contributed by atoms with Gasteiger partial charge in [0.25, 0.3) is 11.5 Å². The summed E-state index contributed by atoms with van der Waals surface area (Å²) in [6.45, 7) is 4.22. The van der Waals surface area contributed by atoms with Crippen molar-refractivity contribution >= 4 is 16.9 Å². The normalized spacial score (nSPS) is 17.9. The molecule has 2 fully saturated rings. The van der Waals surface area contributed by atoms with Crippen molar-refractivity contribution in [3.8, 4) is 22.8 Å². The molecule has 6 rings (SSSR count). The van der Waals surface area contributed by atoms with E-state index in [9.17, 15) is 14.7 Å². The van der Waals surface area contributed by atoms with Gasteiger partial charge in [-0.15, -0.1) is 0 Å². The zero-order valence-corrected chi connectivity index (χ0v) is 22.6. The van der Waals surface area contributed by atoms with E-state index in [4.69, 9.17) is 9.72 Å². The highest BCUT2D eigenvalue weighted by Crippen LogP contribution is 2.41. The van der Waals surface area contributed by atoms with E-state index in [1.807, 2.05) is 49.4 Å². The molecule has 8 heteroatoms. The molecule has 0 bridgehead atoms. The number of fused-ring (bicyclic) bond motifs is 1. The summed E-state index contributed by atoms with van der Waals surface area (Å²) >= 11 is 0. The van der Waals surface area contributed by atoms with Crippen molar-refractivity contribution in [2.75, 3.05) is 19.7 Å².